The summed E-state index contributed by atoms with van der Waals surface area (Å²) >= 11 is 0. The molecule has 3 atom stereocenters. The van der Waals surface area contributed by atoms with E-state index in [4.69, 9.17) is 5.73 Å². The van der Waals surface area contributed by atoms with Gasteiger partial charge in [0, 0.05) is 13.1 Å². The number of nitrogens with two attached hydrogens (primary N) is 1. The van der Waals surface area contributed by atoms with Crippen molar-refractivity contribution in [1.82, 2.24) is 4.90 Å². The van der Waals surface area contributed by atoms with Gasteiger partial charge in [-0.2, -0.15) is 0 Å². The molecule has 1 aliphatic rings. The Morgan fingerprint density at radius 2 is 1.73 bits per heavy atom. The minimum Gasteiger partial charge on any atom is -0.369 e. The molecule has 1 rings (SSSR count). The largest absolute Gasteiger partial charge is 0.369 e. The third-order valence-electron chi connectivity index (χ3n) is 4.86. The summed E-state index contributed by atoms with van der Waals surface area (Å²) in [5.74, 6) is 0.976. The average Bonchev–Trinajstić information content (AvgIpc) is 2.41. The molecule has 0 bridgehead atoms. The number of hydrogen-bond acceptors (Lipinski definition) is 2. The molecule has 0 saturated carbocycles. The Balaban J connectivity index is 3.02. The molecular formula is C18H34N2O2. The predicted octanol–water partition coefficient (Wildman–Crippen LogP) is 3.20. The number of nitrogens with zero attached hydrogens (tertiary/aromatic N) is 1. The van der Waals surface area contributed by atoms with Crippen molar-refractivity contribution in [2.45, 2.75) is 66.7 Å². The van der Waals surface area contributed by atoms with Gasteiger partial charge in [0.05, 0.1) is 0 Å². The lowest BCUT2D eigenvalue weighted by molar-refractivity contribution is -0.153. The smallest absolute Gasteiger partial charge is 0.238 e. The van der Waals surface area contributed by atoms with Gasteiger partial charge in [-0.05, 0) is 43.4 Å². The molecule has 4 nitrogen and oxygen atoms in total. The molecule has 22 heavy (non-hydrogen) atoms. The highest BCUT2D eigenvalue weighted by Crippen LogP contribution is 2.35. The maximum absolute atomic E-state index is 13.2. The molecule has 0 radical (unpaired) electrons. The van der Waals surface area contributed by atoms with E-state index in [0.717, 1.165) is 32.4 Å². The first-order chi connectivity index (χ1) is 10.2. The third kappa shape index (κ3) is 4.47. The van der Waals surface area contributed by atoms with Crippen LogP contribution in [0.2, 0.25) is 0 Å². The molecule has 2 N–H and O–H groups in total. The molecule has 0 aromatic rings. The Morgan fingerprint density at radius 1 is 1.18 bits per heavy atom. The van der Waals surface area contributed by atoms with Crippen molar-refractivity contribution in [3.05, 3.63) is 0 Å². The van der Waals surface area contributed by atoms with Gasteiger partial charge in [0.15, 0.2) is 0 Å². The van der Waals surface area contributed by atoms with Gasteiger partial charge in [-0.1, -0.05) is 41.0 Å². The Morgan fingerprint density at radius 3 is 2.14 bits per heavy atom. The second kappa shape index (κ2) is 7.98. The molecule has 0 aliphatic carbocycles. The molecule has 2 amide bonds. The van der Waals surface area contributed by atoms with Crippen molar-refractivity contribution < 1.29 is 9.59 Å². The van der Waals surface area contributed by atoms with Crippen LogP contribution in [0.3, 0.4) is 0 Å². The zero-order valence-corrected chi connectivity index (χ0v) is 15.0. The van der Waals surface area contributed by atoms with Crippen LogP contribution in [0.15, 0.2) is 0 Å². The molecule has 1 fully saturated rings. The van der Waals surface area contributed by atoms with Gasteiger partial charge in [-0.15, -0.1) is 0 Å². The van der Waals surface area contributed by atoms with Crippen molar-refractivity contribution in [2.24, 2.45) is 28.9 Å². The highest BCUT2D eigenvalue weighted by molar-refractivity contribution is 6.04. The topological polar surface area (TPSA) is 63.4 Å². The molecule has 128 valence electrons. The van der Waals surface area contributed by atoms with Gasteiger partial charge >= 0.3 is 0 Å². The van der Waals surface area contributed by atoms with Gasteiger partial charge < -0.3 is 10.6 Å². The maximum Gasteiger partial charge on any atom is 0.238 e. The second-order valence-electron chi connectivity index (χ2n) is 7.79. The number of primary amides is 1. The molecule has 1 heterocycles. The molecule has 0 spiro atoms. The van der Waals surface area contributed by atoms with Gasteiger partial charge in [-0.3, -0.25) is 9.59 Å². The lowest BCUT2D eigenvalue weighted by Gasteiger charge is -2.41. The zero-order valence-electron chi connectivity index (χ0n) is 15.0. The first-order valence-corrected chi connectivity index (χ1v) is 8.82. The number of carbonyl (C=O) groups is 2. The molecule has 4 heteroatoms. The number of hydrogen-bond donors (Lipinski definition) is 1. The maximum atomic E-state index is 13.2. The summed E-state index contributed by atoms with van der Waals surface area (Å²) in [4.78, 5) is 27.3. The lowest BCUT2D eigenvalue weighted by atomic mass is 9.75. The lowest BCUT2D eigenvalue weighted by Crippen LogP contribution is -2.54. The Kier molecular flexibility index (Phi) is 6.89. The summed E-state index contributed by atoms with van der Waals surface area (Å²) in [6.45, 7) is 12.1. The summed E-state index contributed by atoms with van der Waals surface area (Å²) in [7, 11) is 0. The van der Waals surface area contributed by atoms with Crippen LogP contribution in [-0.2, 0) is 9.59 Å². The van der Waals surface area contributed by atoms with Gasteiger partial charge in [-0.25, -0.2) is 0 Å². The van der Waals surface area contributed by atoms with Gasteiger partial charge in [0.1, 0.15) is 5.41 Å². The van der Waals surface area contributed by atoms with E-state index in [9.17, 15) is 9.59 Å². The fourth-order valence-corrected chi connectivity index (χ4v) is 3.78. The Labute approximate surface area is 135 Å². The number of likely N-dealkylation sites (tertiary alicyclic amines) is 1. The van der Waals surface area contributed by atoms with Crippen molar-refractivity contribution in [2.75, 3.05) is 13.1 Å². The summed E-state index contributed by atoms with van der Waals surface area (Å²) in [5.41, 5.74) is 4.73. The first kappa shape index (κ1) is 19.0. The minimum atomic E-state index is -1.00. The quantitative estimate of drug-likeness (QED) is 0.734. The van der Waals surface area contributed by atoms with Gasteiger partial charge in [0.2, 0.25) is 11.8 Å². The number of rotatable bonds is 7. The molecule has 0 aromatic carbocycles. The summed E-state index contributed by atoms with van der Waals surface area (Å²) < 4.78 is 0. The SMILES string of the molecule is CCC[C@](CCC(C)C)(C(N)=O)C(=O)N1CC(C)C[C@@H](C)C1. The highest BCUT2D eigenvalue weighted by atomic mass is 16.2. The van der Waals surface area contributed by atoms with Crippen LogP contribution in [-0.4, -0.2) is 29.8 Å². The van der Waals surface area contributed by atoms with Crippen LogP contribution in [0.4, 0.5) is 0 Å². The summed E-state index contributed by atoms with van der Waals surface area (Å²) in [6, 6.07) is 0. The van der Waals surface area contributed by atoms with E-state index >= 15 is 0 Å². The van der Waals surface area contributed by atoms with E-state index in [0.29, 0.717) is 30.6 Å². The van der Waals surface area contributed by atoms with E-state index in [1.54, 1.807) is 0 Å². The van der Waals surface area contributed by atoms with Crippen LogP contribution in [0.5, 0.6) is 0 Å². The van der Waals surface area contributed by atoms with Crippen molar-refractivity contribution in [3.8, 4) is 0 Å². The molecule has 0 aromatic heterocycles. The van der Waals surface area contributed by atoms with E-state index < -0.39 is 11.3 Å². The van der Waals surface area contributed by atoms with Crippen molar-refractivity contribution >= 4 is 11.8 Å². The summed E-state index contributed by atoms with van der Waals surface area (Å²) in [6.07, 6.45) is 3.94. The number of carbonyl (C=O) groups excluding carboxylic acids is 2. The Hall–Kier alpha value is -1.06. The highest BCUT2D eigenvalue weighted by Gasteiger charge is 2.46. The molecule has 1 aliphatic heterocycles. The van der Waals surface area contributed by atoms with E-state index in [-0.39, 0.29) is 5.91 Å². The molecular weight excluding hydrogens is 276 g/mol. The third-order valence-corrected chi connectivity index (χ3v) is 4.86. The minimum absolute atomic E-state index is 0.0269. The molecule has 1 saturated heterocycles. The monoisotopic (exact) mass is 310 g/mol. The summed E-state index contributed by atoms with van der Waals surface area (Å²) in [5, 5.41) is 0. The normalized spacial score (nSPS) is 25.1. The molecule has 1 unspecified atom stereocenters. The number of amides is 2. The van der Waals surface area contributed by atoms with E-state index in [1.165, 1.54) is 0 Å². The zero-order chi connectivity index (χ0) is 16.9. The van der Waals surface area contributed by atoms with Crippen LogP contribution in [0.1, 0.15) is 66.7 Å². The average molecular weight is 310 g/mol. The van der Waals surface area contributed by atoms with Crippen LogP contribution in [0, 0.1) is 23.2 Å². The fraction of sp³-hybridized carbons (Fsp3) is 0.889. The van der Waals surface area contributed by atoms with Crippen molar-refractivity contribution in [3.63, 3.8) is 0 Å². The van der Waals surface area contributed by atoms with Gasteiger partial charge in [0.25, 0.3) is 0 Å². The number of piperidine rings is 1. The fourth-order valence-electron chi connectivity index (χ4n) is 3.78. The second-order valence-corrected chi connectivity index (χ2v) is 7.79. The van der Waals surface area contributed by atoms with Crippen LogP contribution >= 0.6 is 0 Å². The predicted molar refractivity (Wildman–Crippen MR) is 90.1 cm³/mol. The van der Waals surface area contributed by atoms with Crippen LogP contribution in [0.25, 0.3) is 0 Å². The van der Waals surface area contributed by atoms with Crippen molar-refractivity contribution in [1.29, 1.82) is 0 Å². The Bertz CT molecular complexity index is 385. The van der Waals surface area contributed by atoms with E-state index in [1.807, 2.05) is 11.8 Å². The standard InChI is InChI=1S/C18H34N2O2/c1-6-8-18(16(19)21,9-7-13(2)3)17(22)20-11-14(4)10-15(5)12-20/h13-15H,6-12H2,1-5H3,(H2,19,21)/t14-,15?,18+/m1/s1. The van der Waals surface area contributed by atoms with Crippen LogP contribution < -0.4 is 5.73 Å². The first-order valence-electron chi connectivity index (χ1n) is 8.82. The van der Waals surface area contributed by atoms with E-state index in [2.05, 4.69) is 27.7 Å².